The number of aromatic nitrogens is 4. The molecule has 0 atom stereocenters. The number of hydrogen-bond acceptors (Lipinski definition) is 7. The maximum atomic E-state index is 5.75. The van der Waals surface area contributed by atoms with Gasteiger partial charge in [0, 0.05) is 18.8 Å². The Morgan fingerprint density at radius 2 is 1.77 bits per heavy atom. The van der Waals surface area contributed by atoms with Gasteiger partial charge >= 0.3 is 0 Å². The summed E-state index contributed by atoms with van der Waals surface area (Å²) >= 11 is 0. The van der Waals surface area contributed by atoms with Gasteiger partial charge in [0.25, 0.3) is 0 Å². The molecule has 0 saturated heterocycles. The molecule has 2 aromatic heterocycles. The summed E-state index contributed by atoms with van der Waals surface area (Å²) in [5, 5.41) is 6.29. The second kappa shape index (κ2) is 6.49. The number of nitrogens with two attached hydrogens (primary N) is 1. The van der Waals surface area contributed by atoms with Crippen LogP contribution in [-0.2, 0) is 6.54 Å². The standard InChI is InChI=1S/C15H15N7/c16-15-21-13(18-9-11-4-2-1-3-5-11)8-14(22-15)20-12-6-7-17-10-19-12/h1-8,10H,9H2,(H4,16,17,18,19,20,21,22). The van der Waals surface area contributed by atoms with E-state index in [2.05, 4.69) is 30.6 Å². The molecule has 3 rings (SSSR count). The highest BCUT2D eigenvalue weighted by molar-refractivity contribution is 5.57. The Labute approximate surface area is 127 Å². The van der Waals surface area contributed by atoms with Crippen LogP contribution in [0.5, 0.6) is 0 Å². The van der Waals surface area contributed by atoms with Gasteiger partial charge in [-0.1, -0.05) is 30.3 Å². The van der Waals surface area contributed by atoms with Gasteiger partial charge in [0.15, 0.2) is 0 Å². The first-order chi connectivity index (χ1) is 10.8. The molecule has 0 amide bonds. The van der Waals surface area contributed by atoms with Gasteiger partial charge < -0.3 is 16.4 Å². The van der Waals surface area contributed by atoms with Crippen LogP contribution >= 0.6 is 0 Å². The molecule has 0 bridgehead atoms. The zero-order valence-corrected chi connectivity index (χ0v) is 11.8. The first kappa shape index (κ1) is 13.7. The molecule has 7 nitrogen and oxygen atoms in total. The molecule has 0 unspecified atom stereocenters. The Bertz CT molecular complexity index is 731. The Morgan fingerprint density at radius 1 is 0.955 bits per heavy atom. The van der Waals surface area contributed by atoms with E-state index < -0.39 is 0 Å². The summed E-state index contributed by atoms with van der Waals surface area (Å²) in [6.07, 6.45) is 3.11. The molecule has 0 saturated carbocycles. The Morgan fingerprint density at radius 3 is 2.55 bits per heavy atom. The van der Waals surface area contributed by atoms with Crippen molar-refractivity contribution < 1.29 is 0 Å². The van der Waals surface area contributed by atoms with Gasteiger partial charge in [-0.05, 0) is 11.6 Å². The molecule has 0 aliphatic rings. The zero-order chi connectivity index (χ0) is 15.2. The van der Waals surface area contributed by atoms with Crippen molar-refractivity contribution in [3.05, 3.63) is 60.6 Å². The Balaban J connectivity index is 1.72. The highest BCUT2D eigenvalue weighted by atomic mass is 15.1. The maximum Gasteiger partial charge on any atom is 0.223 e. The quantitative estimate of drug-likeness (QED) is 0.662. The summed E-state index contributed by atoms with van der Waals surface area (Å²) in [4.78, 5) is 16.3. The number of benzene rings is 1. The van der Waals surface area contributed by atoms with Crippen LogP contribution in [0, 0.1) is 0 Å². The largest absolute Gasteiger partial charge is 0.368 e. The van der Waals surface area contributed by atoms with Crippen molar-refractivity contribution in [1.29, 1.82) is 0 Å². The minimum Gasteiger partial charge on any atom is -0.368 e. The molecule has 7 heteroatoms. The van der Waals surface area contributed by atoms with Gasteiger partial charge in [0.2, 0.25) is 5.95 Å². The Hall–Kier alpha value is -3.22. The Kier molecular flexibility index (Phi) is 4.05. The molecule has 0 aliphatic carbocycles. The molecular weight excluding hydrogens is 278 g/mol. The summed E-state index contributed by atoms with van der Waals surface area (Å²) in [5.74, 6) is 2.05. The molecule has 0 aliphatic heterocycles. The fourth-order valence-electron chi connectivity index (χ4n) is 1.90. The monoisotopic (exact) mass is 293 g/mol. The van der Waals surface area contributed by atoms with E-state index in [-0.39, 0.29) is 5.95 Å². The van der Waals surface area contributed by atoms with Crippen LogP contribution in [0.2, 0.25) is 0 Å². The van der Waals surface area contributed by atoms with E-state index in [9.17, 15) is 0 Å². The fraction of sp³-hybridized carbons (Fsp3) is 0.0667. The van der Waals surface area contributed by atoms with Crippen molar-refractivity contribution in [2.24, 2.45) is 0 Å². The third-order valence-electron chi connectivity index (χ3n) is 2.90. The number of anilines is 4. The molecule has 0 radical (unpaired) electrons. The van der Waals surface area contributed by atoms with E-state index in [1.807, 2.05) is 30.3 Å². The van der Waals surface area contributed by atoms with Crippen molar-refractivity contribution in [3.63, 3.8) is 0 Å². The predicted molar refractivity (Wildman–Crippen MR) is 85.5 cm³/mol. The first-order valence-electron chi connectivity index (χ1n) is 6.75. The highest BCUT2D eigenvalue weighted by Gasteiger charge is 2.03. The van der Waals surface area contributed by atoms with Crippen LogP contribution in [0.15, 0.2) is 55.0 Å². The van der Waals surface area contributed by atoms with Crippen molar-refractivity contribution >= 4 is 23.4 Å². The van der Waals surface area contributed by atoms with Gasteiger partial charge in [0.05, 0.1) is 0 Å². The van der Waals surface area contributed by atoms with Gasteiger partial charge in [-0.15, -0.1) is 0 Å². The van der Waals surface area contributed by atoms with E-state index in [0.717, 1.165) is 5.56 Å². The molecule has 0 spiro atoms. The second-order valence-corrected chi connectivity index (χ2v) is 4.56. The minimum absolute atomic E-state index is 0.189. The topological polar surface area (TPSA) is 102 Å². The van der Waals surface area contributed by atoms with Crippen molar-refractivity contribution in [2.75, 3.05) is 16.4 Å². The van der Waals surface area contributed by atoms with Gasteiger partial charge in [-0.2, -0.15) is 9.97 Å². The first-order valence-corrected chi connectivity index (χ1v) is 6.75. The lowest BCUT2D eigenvalue weighted by Gasteiger charge is -2.09. The molecule has 4 N–H and O–H groups in total. The lowest BCUT2D eigenvalue weighted by Crippen LogP contribution is -2.06. The van der Waals surface area contributed by atoms with Crippen molar-refractivity contribution in [3.8, 4) is 0 Å². The molecule has 1 aromatic carbocycles. The van der Waals surface area contributed by atoms with Crippen LogP contribution in [0.25, 0.3) is 0 Å². The van der Waals surface area contributed by atoms with E-state index in [0.29, 0.717) is 24.0 Å². The van der Waals surface area contributed by atoms with E-state index in [1.54, 1.807) is 18.3 Å². The summed E-state index contributed by atoms with van der Waals surface area (Å²) < 4.78 is 0. The predicted octanol–water partition coefficient (Wildman–Crippen LogP) is 2.20. The van der Waals surface area contributed by atoms with E-state index in [4.69, 9.17) is 5.73 Å². The molecule has 22 heavy (non-hydrogen) atoms. The van der Waals surface area contributed by atoms with Crippen LogP contribution in [0.3, 0.4) is 0 Å². The van der Waals surface area contributed by atoms with E-state index >= 15 is 0 Å². The van der Waals surface area contributed by atoms with E-state index in [1.165, 1.54) is 6.33 Å². The SMILES string of the molecule is Nc1nc(NCc2ccccc2)cc(Nc2ccncn2)n1. The van der Waals surface area contributed by atoms with Crippen LogP contribution in [-0.4, -0.2) is 19.9 Å². The number of hydrogen-bond donors (Lipinski definition) is 3. The third-order valence-corrected chi connectivity index (χ3v) is 2.90. The third kappa shape index (κ3) is 3.66. The van der Waals surface area contributed by atoms with Crippen LogP contribution in [0.4, 0.5) is 23.4 Å². The lowest BCUT2D eigenvalue weighted by atomic mass is 10.2. The summed E-state index contributed by atoms with van der Waals surface area (Å²) in [7, 11) is 0. The maximum absolute atomic E-state index is 5.75. The molecule has 2 heterocycles. The smallest absolute Gasteiger partial charge is 0.223 e. The van der Waals surface area contributed by atoms with Crippen molar-refractivity contribution in [1.82, 2.24) is 19.9 Å². The van der Waals surface area contributed by atoms with Gasteiger partial charge in [-0.25, -0.2) is 9.97 Å². The number of nitrogens with zero attached hydrogens (tertiary/aromatic N) is 4. The zero-order valence-electron chi connectivity index (χ0n) is 11.8. The average molecular weight is 293 g/mol. The summed E-state index contributed by atoms with van der Waals surface area (Å²) in [5.41, 5.74) is 6.90. The molecular formula is C15H15N7. The fourth-order valence-corrected chi connectivity index (χ4v) is 1.90. The normalized spacial score (nSPS) is 10.2. The number of rotatable bonds is 5. The average Bonchev–Trinajstić information content (AvgIpc) is 2.54. The number of nitrogens with one attached hydrogen (secondary N) is 2. The number of nitrogen functional groups attached to an aromatic ring is 1. The molecule has 3 aromatic rings. The lowest BCUT2D eigenvalue weighted by molar-refractivity contribution is 1.09. The molecule has 110 valence electrons. The summed E-state index contributed by atoms with van der Waals surface area (Å²) in [6.45, 7) is 0.657. The van der Waals surface area contributed by atoms with Crippen molar-refractivity contribution in [2.45, 2.75) is 6.54 Å². The minimum atomic E-state index is 0.189. The van der Waals surface area contributed by atoms with Gasteiger partial charge in [-0.3, -0.25) is 0 Å². The summed E-state index contributed by atoms with van der Waals surface area (Å²) in [6, 6.07) is 13.6. The second-order valence-electron chi connectivity index (χ2n) is 4.56. The van der Waals surface area contributed by atoms with Crippen LogP contribution in [0.1, 0.15) is 5.56 Å². The molecule has 0 fully saturated rings. The van der Waals surface area contributed by atoms with Gasteiger partial charge in [0.1, 0.15) is 23.8 Å². The van der Waals surface area contributed by atoms with Crippen LogP contribution < -0.4 is 16.4 Å². The highest BCUT2D eigenvalue weighted by Crippen LogP contribution is 2.16.